The molecule has 4 aliphatic rings. The zero-order chi connectivity index (χ0) is 26.3. The highest BCUT2D eigenvalue weighted by molar-refractivity contribution is 5.70. The number of pyridine rings is 1. The van der Waals surface area contributed by atoms with E-state index in [1.54, 1.807) is 0 Å². The molecule has 0 radical (unpaired) electrons. The summed E-state index contributed by atoms with van der Waals surface area (Å²) in [5, 5.41) is 10.2. The quantitative estimate of drug-likeness (QED) is 0.525. The Kier molecular flexibility index (Phi) is 6.58. The lowest BCUT2D eigenvalue weighted by atomic mass is 9.73. The summed E-state index contributed by atoms with van der Waals surface area (Å²) in [6.07, 6.45) is 13.9. The number of nitrogens with zero attached hydrogens (tertiary/aromatic N) is 4. The van der Waals surface area contributed by atoms with Crippen LogP contribution in [0.2, 0.25) is 0 Å². The third kappa shape index (κ3) is 4.65. The molecule has 38 heavy (non-hydrogen) atoms. The number of hydrogen-bond donors (Lipinski definition) is 3. The Morgan fingerprint density at radius 1 is 1.18 bits per heavy atom. The number of allylic oxidation sites excluding steroid dienone is 4. The van der Waals surface area contributed by atoms with Crippen LogP contribution in [0, 0.1) is 5.92 Å². The van der Waals surface area contributed by atoms with Gasteiger partial charge in [0.15, 0.2) is 0 Å². The van der Waals surface area contributed by atoms with E-state index >= 15 is 0 Å². The van der Waals surface area contributed by atoms with E-state index in [0.717, 1.165) is 54.5 Å². The first-order chi connectivity index (χ1) is 18.4. The van der Waals surface area contributed by atoms with E-state index in [0.29, 0.717) is 25.0 Å². The second kappa shape index (κ2) is 9.91. The maximum atomic E-state index is 6.35. The largest absolute Gasteiger partial charge is 0.374 e. The van der Waals surface area contributed by atoms with E-state index in [2.05, 4.69) is 84.1 Å². The van der Waals surface area contributed by atoms with Gasteiger partial charge in [-0.3, -0.25) is 0 Å². The summed E-state index contributed by atoms with van der Waals surface area (Å²) in [4.78, 5) is 17.2. The van der Waals surface area contributed by atoms with Crippen LogP contribution in [0.25, 0.3) is 0 Å². The number of aromatic nitrogens is 3. The molecule has 3 aliphatic heterocycles. The molecule has 0 aromatic carbocycles. The molecule has 3 atom stereocenters. The van der Waals surface area contributed by atoms with Crippen LogP contribution >= 0.6 is 0 Å². The molecular weight excluding hydrogens is 474 g/mol. The molecule has 5 heterocycles. The highest BCUT2D eigenvalue weighted by Gasteiger charge is 2.55. The van der Waals surface area contributed by atoms with Crippen molar-refractivity contribution in [3.8, 4) is 0 Å². The first-order valence-corrected chi connectivity index (χ1v) is 13.8. The van der Waals surface area contributed by atoms with Crippen LogP contribution in [0.5, 0.6) is 0 Å². The summed E-state index contributed by atoms with van der Waals surface area (Å²) in [5.74, 6) is 3.05. The van der Waals surface area contributed by atoms with Crippen LogP contribution in [0.15, 0.2) is 60.0 Å². The Hall–Kier alpha value is -3.07. The first-order valence-electron chi connectivity index (χ1n) is 13.8. The van der Waals surface area contributed by atoms with E-state index in [1.165, 1.54) is 12.0 Å². The van der Waals surface area contributed by atoms with Crippen molar-refractivity contribution in [2.75, 3.05) is 37.0 Å². The monoisotopic (exact) mass is 513 g/mol. The molecule has 6 rings (SSSR count). The average molecular weight is 514 g/mol. The van der Waals surface area contributed by atoms with Gasteiger partial charge in [0.05, 0.1) is 23.9 Å². The van der Waals surface area contributed by atoms with Crippen LogP contribution < -0.4 is 20.9 Å². The van der Waals surface area contributed by atoms with Crippen molar-refractivity contribution in [1.29, 1.82) is 0 Å². The van der Waals surface area contributed by atoms with Crippen LogP contribution in [-0.4, -0.2) is 53.3 Å². The smallest absolute Gasteiger partial charge is 0.229 e. The van der Waals surface area contributed by atoms with Gasteiger partial charge in [0, 0.05) is 36.0 Å². The predicted molar refractivity (Wildman–Crippen MR) is 151 cm³/mol. The van der Waals surface area contributed by atoms with Gasteiger partial charge in [0.2, 0.25) is 5.95 Å². The minimum Gasteiger partial charge on any atom is -0.374 e. The maximum Gasteiger partial charge on any atom is 0.229 e. The Bertz CT molecular complexity index is 1290. The van der Waals surface area contributed by atoms with Gasteiger partial charge in [-0.15, -0.1) is 0 Å². The van der Waals surface area contributed by atoms with Crippen molar-refractivity contribution in [1.82, 2.24) is 25.6 Å². The topological polar surface area (TPSA) is 87.2 Å². The van der Waals surface area contributed by atoms with Crippen molar-refractivity contribution in [2.45, 2.75) is 63.6 Å². The standard InChI is InChI=1S/C30H39N7O/c1-29(2)15-25-30(3,19-38-29)24-18-33-28(35-22-8-5-7-20(11-12-22)21-13-14-32-16-21)36-27(24)37(25)26-10-6-9-23(34-26)17-31-4/h5-6,8-12,18,21,25,31-32H,7,13-17,19H2,1-4H3,(H,33,35,36)/t21-,25-,30-/m1/s1. The fraction of sp³-hybridized carbons (Fsp3) is 0.500. The summed E-state index contributed by atoms with van der Waals surface area (Å²) in [5.41, 5.74) is 4.15. The van der Waals surface area contributed by atoms with Crippen LogP contribution in [0.3, 0.4) is 0 Å². The number of anilines is 3. The Morgan fingerprint density at radius 3 is 2.89 bits per heavy atom. The van der Waals surface area contributed by atoms with Crippen molar-refractivity contribution >= 4 is 17.6 Å². The molecule has 2 saturated heterocycles. The molecule has 8 nitrogen and oxygen atoms in total. The third-order valence-corrected chi connectivity index (χ3v) is 8.47. The predicted octanol–water partition coefficient (Wildman–Crippen LogP) is 4.36. The molecule has 0 amide bonds. The summed E-state index contributed by atoms with van der Waals surface area (Å²) in [7, 11) is 1.95. The number of fused-ring (bicyclic) bond motifs is 3. The number of ether oxygens (including phenoxy) is 1. The second-order valence-corrected chi connectivity index (χ2v) is 11.8. The SMILES string of the molecule is CNCc1cccc(N2c3nc(NC4=CC=C([C@@H]5CCNC5)CC=C4)ncc3[C@@]3(C)COC(C)(C)C[C@@H]23)n1. The number of nitrogens with one attached hydrogen (secondary N) is 3. The Morgan fingerprint density at radius 2 is 2.08 bits per heavy atom. The van der Waals surface area contributed by atoms with E-state index in [9.17, 15) is 0 Å². The lowest BCUT2D eigenvalue weighted by molar-refractivity contribution is -0.0893. The van der Waals surface area contributed by atoms with Gasteiger partial charge in [0.1, 0.15) is 11.6 Å². The van der Waals surface area contributed by atoms with Crippen molar-refractivity contribution < 1.29 is 4.74 Å². The van der Waals surface area contributed by atoms with Crippen LogP contribution in [0.4, 0.5) is 17.6 Å². The van der Waals surface area contributed by atoms with Gasteiger partial charge in [0.25, 0.3) is 0 Å². The second-order valence-electron chi connectivity index (χ2n) is 11.8. The molecule has 0 spiro atoms. The van der Waals surface area contributed by atoms with Crippen molar-refractivity contribution in [3.05, 3.63) is 71.2 Å². The molecule has 1 aliphatic carbocycles. The summed E-state index contributed by atoms with van der Waals surface area (Å²) in [6, 6.07) is 6.41. The molecule has 2 aromatic heterocycles. The minimum absolute atomic E-state index is 0.172. The first kappa shape index (κ1) is 25.2. The summed E-state index contributed by atoms with van der Waals surface area (Å²) >= 11 is 0. The van der Waals surface area contributed by atoms with E-state index < -0.39 is 0 Å². The zero-order valence-corrected chi connectivity index (χ0v) is 22.9. The molecule has 2 aromatic rings. The molecule has 0 saturated carbocycles. The normalized spacial score (nSPS) is 27.8. The molecule has 3 N–H and O–H groups in total. The number of rotatable bonds is 6. The fourth-order valence-electron chi connectivity index (χ4n) is 6.27. The van der Waals surface area contributed by atoms with E-state index in [4.69, 9.17) is 19.7 Å². The molecule has 200 valence electrons. The lowest BCUT2D eigenvalue weighted by Crippen LogP contribution is -2.54. The van der Waals surface area contributed by atoms with Gasteiger partial charge >= 0.3 is 0 Å². The average Bonchev–Trinajstić information content (AvgIpc) is 3.43. The lowest BCUT2D eigenvalue weighted by Gasteiger charge is -2.46. The molecular formula is C30H39N7O. The number of hydrogen-bond acceptors (Lipinski definition) is 8. The van der Waals surface area contributed by atoms with E-state index in [-0.39, 0.29) is 17.1 Å². The van der Waals surface area contributed by atoms with E-state index in [1.807, 2.05) is 13.2 Å². The summed E-state index contributed by atoms with van der Waals surface area (Å²) in [6.45, 7) is 10.1. The van der Waals surface area contributed by atoms with Gasteiger partial charge in [-0.2, -0.15) is 4.98 Å². The Labute approximate surface area is 225 Å². The molecule has 8 heteroatoms. The van der Waals surface area contributed by atoms with Crippen molar-refractivity contribution in [2.24, 2.45) is 5.92 Å². The highest BCUT2D eigenvalue weighted by atomic mass is 16.5. The highest BCUT2D eigenvalue weighted by Crippen LogP contribution is 2.52. The molecule has 2 fully saturated rings. The van der Waals surface area contributed by atoms with Crippen LogP contribution in [0.1, 0.15) is 51.3 Å². The minimum atomic E-state index is -0.226. The zero-order valence-electron chi connectivity index (χ0n) is 22.9. The van der Waals surface area contributed by atoms with Crippen LogP contribution in [-0.2, 0) is 16.7 Å². The molecule has 0 unspecified atom stereocenters. The summed E-state index contributed by atoms with van der Waals surface area (Å²) < 4.78 is 6.35. The maximum absolute atomic E-state index is 6.35. The van der Waals surface area contributed by atoms with Gasteiger partial charge < -0.3 is 25.6 Å². The van der Waals surface area contributed by atoms with Gasteiger partial charge in [-0.05, 0) is 76.9 Å². The fourth-order valence-corrected chi connectivity index (χ4v) is 6.27. The van der Waals surface area contributed by atoms with Gasteiger partial charge in [-0.25, -0.2) is 9.97 Å². The van der Waals surface area contributed by atoms with Crippen molar-refractivity contribution in [3.63, 3.8) is 0 Å². The third-order valence-electron chi connectivity index (χ3n) is 8.47. The van der Waals surface area contributed by atoms with Gasteiger partial charge in [-0.1, -0.05) is 30.7 Å². The Balaban J connectivity index is 1.35. The molecule has 0 bridgehead atoms.